The molecule has 0 aromatic heterocycles. The highest BCUT2D eigenvalue weighted by Gasteiger charge is 2.33. The van der Waals surface area contributed by atoms with Crippen molar-refractivity contribution in [2.45, 2.75) is 50.2 Å². The van der Waals surface area contributed by atoms with Crippen LogP contribution in [0.15, 0.2) is 24.3 Å². The molecule has 0 spiro atoms. The zero-order chi connectivity index (χ0) is 13.8. The van der Waals surface area contributed by atoms with Gasteiger partial charge in [-0.3, -0.25) is 0 Å². The number of benzene rings is 1. The predicted molar refractivity (Wildman–Crippen MR) is 79.7 cm³/mol. The lowest BCUT2D eigenvalue weighted by Crippen LogP contribution is -2.43. The Kier molecular flexibility index (Phi) is 4.39. The summed E-state index contributed by atoms with van der Waals surface area (Å²) < 4.78 is 12.2. The van der Waals surface area contributed by atoms with E-state index in [1.165, 1.54) is 30.4 Å². The van der Waals surface area contributed by atoms with Gasteiger partial charge in [0.05, 0.1) is 18.8 Å². The van der Waals surface area contributed by atoms with Crippen LogP contribution in [0.25, 0.3) is 0 Å². The van der Waals surface area contributed by atoms with Crippen LogP contribution in [0.2, 0.25) is 0 Å². The van der Waals surface area contributed by atoms with E-state index < -0.39 is 0 Å². The Hall–Kier alpha value is -0.900. The first kappa shape index (κ1) is 14.1. The van der Waals surface area contributed by atoms with Gasteiger partial charge in [0, 0.05) is 6.54 Å². The van der Waals surface area contributed by atoms with Crippen LogP contribution < -0.4 is 5.73 Å². The molecule has 0 amide bonds. The highest BCUT2D eigenvalue weighted by molar-refractivity contribution is 5.30. The van der Waals surface area contributed by atoms with Crippen LogP contribution in [-0.4, -0.2) is 25.4 Å². The molecule has 110 valence electrons. The summed E-state index contributed by atoms with van der Waals surface area (Å²) in [7, 11) is 0. The largest absolute Gasteiger partial charge is 0.371 e. The van der Waals surface area contributed by atoms with Crippen LogP contribution in [0.1, 0.15) is 49.3 Å². The minimum atomic E-state index is -0.103. The van der Waals surface area contributed by atoms with Crippen molar-refractivity contribution in [3.8, 4) is 0 Å². The van der Waals surface area contributed by atoms with Gasteiger partial charge >= 0.3 is 0 Å². The highest BCUT2D eigenvalue weighted by atomic mass is 16.5. The highest BCUT2D eigenvalue weighted by Crippen LogP contribution is 2.34. The minimum Gasteiger partial charge on any atom is -0.371 e. The first-order valence-corrected chi connectivity index (χ1v) is 7.86. The molecule has 20 heavy (non-hydrogen) atoms. The molecule has 1 heterocycles. The second kappa shape index (κ2) is 6.25. The Morgan fingerprint density at radius 3 is 2.80 bits per heavy atom. The third-order valence-electron chi connectivity index (χ3n) is 4.77. The van der Waals surface area contributed by atoms with Crippen molar-refractivity contribution in [3.63, 3.8) is 0 Å². The third-order valence-corrected chi connectivity index (χ3v) is 4.77. The van der Waals surface area contributed by atoms with Crippen molar-refractivity contribution >= 4 is 0 Å². The van der Waals surface area contributed by atoms with Gasteiger partial charge in [0.2, 0.25) is 0 Å². The van der Waals surface area contributed by atoms with Gasteiger partial charge in [0.25, 0.3) is 0 Å². The van der Waals surface area contributed by atoms with E-state index in [-0.39, 0.29) is 11.7 Å². The van der Waals surface area contributed by atoms with Gasteiger partial charge in [-0.05, 0) is 30.4 Å². The zero-order valence-corrected chi connectivity index (χ0v) is 12.1. The van der Waals surface area contributed by atoms with E-state index in [1.807, 2.05) is 0 Å². The van der Waals surface area contributed by atoms with Crippen LogP contribution in [-0.2, 0) is 15.9 Å². The molecular formula is C17H25NO2. The Bertz CT molecular complexity index is 440. The summed E-state index contributed by atoms with van der Waals surface area (Å²) in [6, 6.07) is 8.55. The van der Waals surface area contributed by atoms with E-state index in [0.29, 0.717) is 13.2 Å². The topological polar surface area (TPSA) is 44.5 Å². The summed E-state index contributed by atoms with van der Waals surface area (Å²) in [5.74, 6) is 0. The fraction of sp³-hybridized carbons (Fsp3) is 0.647. The lowest BCUT2D eigenvalue weighted by Gasteiger charge is -2.38. The van der Waals surface area contributed by atoms with Crippen molar-refractivity contribution in [2.24, 2.45) is 5.73 Å². The summed E-state index contributed by atoms with van der Waals surface area (Å²) in [5, 5.41) is 0. The van der Waals surface area contributed by atoms with Crippen molar-refractivity contribution in [2.75, 3.05) is 19.8 Å². The third kappa shape index (κ3) is 2.90. The predicted octanol–water partition coefficient (Wildman–Crippen LogP) is 2.98. The molecule has 1 aliphatic carbocycles. The van der Waals surface area contributed by atoms with E-state index in [1.54, 1.807) is 0 Å². The van der Waals surface area contributed by atoms with E-state index in [9.17, 15) is 0 Å². The van der Waals surface area contributed by atoms with Gasteiger partial charge in [-0.25, -0.2) is 0 Å². The smallest absolute Gasteiger partial charge is 0.106 e. The van der Waals surface area contributed by atoms with Crippen LogP contribution in [0.4, 0.5) is 0 Å². The monoisotopic (exact) mass is 275 g/mol. The number of hydrogen-bond acceptors (Lipinski definition) is 3. The summed E-state index contributed by atoms with van der Waals surface area (Å²) in [6.45, 7) is 2.05. The van der Waals surface area contributed by atoms with Gasteiger partial charge in [-0.15, -0.1) is 0 Å². The fourth-order valence-electron chi connectivity index (χ4n) is 3.47. The van der Waals surface area contributed by atoms with Gasteiger partial charge in [0.15, 0.2) is 0 Å². The molecule has 1 unspecified atom stereocenters. The average molecular weight is 275 g/mol. The van der Waals surface area contributed by atoms with Gasteiger partial charge < -0.3 is 15.2 Å². The number of fused-ring (bicyclic) bond motifs is 1. The maximum Gasteiger partial charge on any atom is 0.106 e. The van der Waals surface area contributed by atoms with E-state index >= 15 is 0 Å². The Morgan fingerprint density at radius 1 is 1.20 bits per heavy atom. The molecule has 2 aliphatic rings. The Labute approximate surface area is 121 Å². The molecule has 3 rings (SSSR count). The maximum absolute atomic E-state index is 6.27. The molecule has 1 atom stereocenters. The van der Waals surface area contributed by atoms with Crippen molar-refractivity contribution in [1.82, 2.24) is 0 Å². The Balaban J connectivity index is 1.66. The maximum atomic E-state index is 6.27. The number of hydrogen-bond donors (Lipinski definition) is 1. The first-order chi connectivity index (χ1) is 9.83. The quantitative estimate of drug-likeness (QED) is 0.918. The molecule has 3 heteroatoms. The second-order valence-electron chi connectivity index (χ2n) is 6.07. The van der Waals surface area contributed by atoms with Crippen LogP contribution >= 0.6 is 0 Å². The molecule has 1 aliphatic heterocycles. The molecule has 1 fully saturated rings. The van der Waals surface area contributed by atoms with Gasteiger partial charge in [-0.2, -0.15) is 0 Å². The van der Waals surface area contributed by atoms with Crippen molar-refractivity contribution < 1.29 is 9.47 Å². The van der Waals surface area contributed by atoms with E-state index in [0.717, 1.165) is 25.9 Å². The SMILES string of the molecule is NCC1(OCC2OCCc3ccccc32)CCCCC1. The summed E-state index contributed by atoms with van der Waals surface area (Å²) >= 11 is 0. The second-order valence-corrected chi connectivity index (χ2v) is 6.07. The standard InChI is InChI=1S/C17H25NO2/c18-13-17(9-4-1-5-10-17)20-12-16-15-7-3-2-6-14(15)8-11-19-16/h2-3,6-7,16H,1,4-5,8-13,18H2. The van der Waals surface area contributed by atoms with E-state index in [4.69, 9.17) is 15.2 Å². The summed E-state index contributed by atoms with van der Waals surface area (Å²) in [4.78, 5) is 0. The summed E-state index contributed by atoms with van der Waals surface area (Å²) in [5.41, 5.74) is 8.57. The van der Waals surface area contributed by atoms with Crippen LogP contribution in [0.5, 0.6) is 0 Å². The molecule has 3 nitrogen and oxygen atoms in total. The normalized spacial score (nSPS) is 25.1. The zero-order valence-electron chi connectivity index (χ0n) is 12.1. The Morgan fingerprint density at radius 2 is 2.00 bits per heavy atom. The van der Waals surface area contributed by atoms with Gasteiger partial charge in [-0.1, -0.05) is 43.5 Å². The molecule has 1 saturated carbocycles. The first-order valence-electron chi connectivity index (χ1n) is 7.86. The molecule has 1 aromatic rings. The lowest BCUT2D eigenvalue weighted by molar-refractivity contribution is -0.111. The number of rotatable bonds is 4. The molecule has 1 aromatic carbocycles. The fourth-order valence-corrected chi connectivity index (χ4v) is 3.47. The lowest BCUT2D eigenvalue weighted by atomic mass is 9.84. The van der Waals surface area contributed by atoms with Crippen molar-refractivity contribution in [1.29, 1.82) is 0 Å². The van der Waals surface area contributed by atoms with Crippen LogP contribution in [0, 0.1) is 0 Å². The molecular weight excluding hydrogens is 250 g/mol. The number of nitrogens with two attached hydrogens (primary N) is 1. The summed E-state index contributed by atoms with van der Waals surface area (Å²) in [6.07, 6.45) is 7.06. The molecule has 2 N–H and O–H groups in total. The van der Waals surface area contributed by atoms with E-state index in [2.05, 4.69) is 24.3 Å². The van der Waals surface area contributed by atoms with Gasteiger partial charge in [0.1, 0.15) is 6.10 Å². The molecule has 0 bridgehead atoms. The minimum absolute atomic E-state index is 0.0744. The molecule has 0 saturated heterocycles. The average Bonchev–Trinajstić information content (AvgIpc) is 2.54. The van der Waals surface area contributed by atoms with Crippen molar-refractivity contribution in [3.05, 3.63) is 35.4 Å². The number of ether oxygens (including phenoxy) is 2. The van der Waals surface area contributed by atoms with Crippen LogP contribution in [0.3, 0.4) is 0 Å². The molecule has 0 radical (unpaired) electrons.